The van der Waals surface area contributed by atoms with Crippen molar-refractivity contribution in [1.82, 2.24) is 39.9 Å². The van der Waals surface area contributed by atoms with Crippen molar-refractivity contribution in [2.75, 3.05) is 115 Å². The van der Waals surface area contributed by atoms with Gasteiger partial charge in [0, 0.05) is 100 Å². The van der Waals surface area contributed by atoms with Gasteiger partial charge in [0.2, 0.25) is 23.8 Å². The highest BCUT2D eigenvalue weighted by Crippen LogP contribution is 2.69. The Morgan fingerprint density at radius 3 is 1.17 bits per heavy atom. The highest BCUT2D eigenvalue weighted by Gasteiger charge is 2.67. The van der Waals surface area contributed by atoms with Crippen molar-refractivity contribution in [3.05, 3.63) is 168 Å². The monoisotopic (exact) mass is 1800 g/mol. The molecule has 6 aromatic rings. The van der Waals surface area contributed by atoms with E-state index in [4.69, 9.17) is 50.4 Å². The predicted molar refractivity (Wildman–Crippen MR) is 514 cm³/mol. The summed E-state index contributed by atoms with van der Waals surface area (Å²) < 4.78 is 37.6. The zero-order valence-electron chi connectivity index (χ0n) is 78.0. The van der Waals surface area contributed by atoms with Crippen LogP contribution in [0.1, 0.15) is 197 Å². The number of aromatic nitrogens is 8. The largest absolute Gasteiger partial charge is 0.493 e. The Hall–Kier alpha value is -10.9. The summed E-state index contributed by atoms with van der Waals surface area (Å²) in [4.78, 5) is 56.5. The zero-order valence-corrected chi connectivity index (χ0v) is 78.0. The van der Waals surface area contributed by atoms with Gasteiger partial charge in [-0.2, -0.15) is 25.2 Å². The van der Waals surface area contributed by atoms with Gasteiger partial charge in [0.1, 0.15) is 63.3 Å². The summed E-state index contributed by atoms with van der Waals surface area (Å²) in [5.74, 6) is 17.0. The van der Waals surface area contributed by atoms with Crippen LogP contribution in [0.4, 0.5) is 85.6 Å². The molecule has 2 aromatic carbocycles. The van der Waals surface area contributed by atoms with Gasteiger partial charge in [0.25, 0.3) is 0 Å². The summed E-state index contributed by atoms with van der Waals surface area (Å²) in [5, 5.41) is 35.1. The van der Waals surface area contributed by atoms with Crippen LogP contribution < -0.4 is 81.4 Å². The molecule has 0 amide bonds. The number of nitrogens with two attached hydrogens (primary N) is 2. The number of hydrogen-bond donors (Lipinski definition) is 7. The van der Waals surface area contributed by atoms with Crippen molar-refractivity contribution in [2.24, 2.45) is 76.1 Å². The van der Waals surface area contributed by atoms with Gasteiger partial charge in [-0.1, -0.05) is 50.6 Å². The van der Waals surface area contributed by atoms with E-state index < -0.39 is 5.60 Å². The highest BCUT2D eigenvalue weighted by atomic mass is 19.1. The highest BCUT2D eigenvalue weighted by molar-refractivity contribution is 5.85. The quantitative estimate of drug-likeness (QED) is 0.0599. The molecule has 4 aromatic heterocycles. The van der Waals surface area contributed by atoms with Crippen molar-refractivity contribution in [3.8, 4) is 17.6 Å². The Labute approximate surface area is 778 Å². The second-order valence-corrected chi connectivity index (χ2v) is 45.3. The van der Waals surface area contributed by atoms with Gasteiger partial charge >= 0.3 is 0 Å². The average molecular weight is 1800 g/mol. The fraction of sp³-hybridized carbons (Fsp3) is 0.567. The maximum absolute atomic E-state index is 14.7. The molecule has 0 spiro atoms. The molecular weight excluding hydrogens is 1670 g/mol. The number of fused-ring (bicyclic) bond motifs is 8. The summed E-state index contributed by atoms with van der Waals surface area (Å²) in [6.45, 7) is 27.1. The van der Waals surface area contributed by atoms with Crippen LogP contribution in [0.25, 0.3) is 0 Å². The van der Waals surface area contributed by atoms with Gasteiger partial charge < -0.3 is 96.0 Å². The maximum Gasteiger partial charge on any atom is 0.229 e. The minimum atomic E-state index is -0.533. The molecule has 0 radical (unpaired) electrons. The molecule has 16 saturated carbocycles. The van der Waals surface area contributed by atoms with E-state index in [-0.39, 0.29) is 56.7 Å². The van der Waals surface area contributed by atoms with E-state index >= 15 is 0 Å². The number of hydrogen-bond acceptors (Lipinski definition) is 28. The molecule has 28 nitrogen and oxygen atoms in total. The third-order valence-electron chi connectivity index (χ3n) is 35.8. The van der Waals surface area contributed by atoms with E-state index in [2.05, 4.69) is 184 Å². The lowest BCUT2D eigenvalue weighted by molar-refractivity contribution is -0.133. The van der Waals surface area contributed by atoms with Crippen molar-refractivity contribution in [3.63, 3.8) is 0 Å². The van der Waals surface area contributed by atoms with Crippen LogP contribution in [0.2, 0.25) is 0 Å². The minimum absolute atomic E-state index is 0.0157. The normalized spacial score (nSPS) is 36.7. The van der Waals surface area contributed by atoms with Gasteiger partial charge in [-0.25, -0.2) is 24.3 Å². The molecule has 12 atom stereocenters. The van der Waals surface area contributed by atoms with E-state index in [0.717, 1.165) is 251 Å². The molecule has 12 unspecified atom stereocenters. The number of halogens is 1. The van der Waals surface area contributed by atoms with E-state index in [0.29, 0.717) is 101 Å². The lowest BCUT2D eigenvalue weighted by Crippen LogP contribution is -2.68. The molecule has 29 heteroatoms. The number of aliphatic hydroxyl groups is 1. The smallest absolute Gasteiger partial charge is 0.229 e. The molecular formula is C104H126FN23O5. The van der Waals surface area contributed by atoms with Crippen molar-refractivity contribution < 1.29 is 28.4 Å². The first-order chi connectivity index (χ1) is 63.9. The summed E-state index contributed by atoms with van der Waals surface area (Å²) in [5.41, 5.74) is 26.0. The Bertz CT molecular complexity index is 5910. The first-order valence-electron chi connectivity index (χ1n) is 49.3. The summed E-state index contributed by atoms with van der Waals surface area (Å²) in [6, 6.07) is 10.3. The third-order valence-corrected chi connectivity index (χ3v) is 35.8. The number of ether oxygens (including phenoxy) is 4. The van der Waals surface area contributed by atoms with E-state index in [1.807, 2.05) is 38.9 Å². The zero-order chi connectivity index (χ0) is 90.8. The van der Waals surface area contributed by atoms with Crippen LogP contribution in [0.15, 0.2) is 145 Å². The fourth-order valence-corrected chi connectivity index (χ4v) is 31.9. The van der Waals surface area contributed by atoms with Gasteiger partial charge in [0.05, 0.1) is 95.1 Å². The molecule has 8 aliphatic heterocycles. The van der Waals surface area contributed by atoms with Crippen molar-refractivity contribution in [1.29, 1.82) is 5.26 Å². The Morgan fingerprint density at radius 1 is 0.436 bits per heavy atom. The minimum Gasteiger partial charge on any atom is -0.493 e. The molecule has 694 valence electrons. The van der Waals surface area contributed by atoms with E-state index in [1.54, 1.807) is 6.07 Å². The number of nitriles is 1. The number of benzene rings is 2. The molecule has 9 N–H and O–H groups in total. The first kappa shape index (κ1) is 83.9. The average Bonchev–Trinajstić information content (AvgIpc) is 1.66. The molecule has 2 saturated heterocycles. The molecule has 18 fully saturated rings. The first-order valence-corrected chi connectivity index (χ1v) is 49.3. The molecule has 16 bridgehead atoms. The van der Waals surface area contributed by atoms with Crippen LogP contribution in [0.3, 0.4) is 0 Å². The van der Waals surface area contributed by atoms with Crippen LogP contribution in [0, 0.1) is 88.7 Å². The summed E-state index contributed by atoms with van der Waals surface area (Å²) in [6.07, 6.45) is 47.4. The molecule has 12 heterocycles. The summed E-state index contributed by atoms with van der Waals surface area (Å²) in [7, 11) is 8.18. The van der Waals surface area contributed by atoms with E-state index in [9.17, 15) is 14.8 Å². The van der Waals surface area contributed by atoms with Crippen LogP contribution in [0.5, 0.6) is 11.5 Å². The second kappa shape index (κ2) is 29.8. The lowest BCUT2D eigenvalue weighted by Gasteiger charge is -2.63. The van der Waals surface area contributed by atoms with Crippen molar-refractivity contribution in [2.45, 2.75) is 252 Å². The number of allylic oxidation sites excluding steroid dienone is 2. The van der Waals surface area contributed by atoms with Gasteiger partial charge in [-0.15, -0.1) is 0 Å². The lowest BCUT2D eigenvalue weighted by atomic mass is 9.47. The SMILES string of the molecule is C=C1N(C)c2cnc(NC3=CC4CCOC4C=C3C)nc2N1C12CC3CC(CC(C#N)(C3)C1)C2.C=C1N(C)c2cnc(NC3=CC4CCOC4C=C3C)nc2N1C12CC3CC(CC(O)(C3)C1)C2.C=C1N(C)c2cnc(Nc3cc4c(cc3C)OCC4)nc2N1C12CC3CC(CC(N)(C3)C1)C2.C=C1N(C)c2cnc(Nc3cc4c(cc3F)OCC4)nc2N1C12CC3CC(CC(N)(C3)C1)C2. The topological polar surface area (TPSA) is 310 Å². The molecule has 26 aliphatic rings. The van der Waals surface area contributed by atoms with Crippen LogP contribution >= 0.6 is 0 Å². The molecule has 133 heavy (non-hydrogen) atoms. The third kappa shape index (κ3) is 13.5. The predicted octanol–water partition coefficient (Wildman–Crippen LogP) is 17.0. The van der Waals surface area contributed by atoms with E-state index in [1.165, 1.54) is 74.1 Å². The number of aryl methyl sites for hydroxylation is 1. The van der Waals surface area contributed by atoms with Gasteiger partial charge in [-0.3, -0.25) is 0 Å². The number of rotatable bonds is 12. The van der Waals surface area contributed by atoms with Crippen LogP contribution in [-0.2, 0) is 22.3 Å². The maximum atomic E-state index is 14.7. The van der Waals surface area contributed by atoms with Gasteiger partial charge in [0.15, 0.2) is 23.3 Å². The molecule has 18 aliphatic carbocycles. The fourth-order valence-electron chi connectivity index (χ4n) is 31.9. The molecule has 32 rings (SSSR count). The van der Waals surface area contributed by atoms with Crippen molar-refractivity contribution >= 4 is 81.2 Å². The van der Waals surface area contributed by atoms with Crippen LogP contribution in [-0.4, -0.2) is 151 Å². The Kier molecular flexibility index (Phi) is 18.8. The standard InChI is InChI=1S/C27H32N6O.C26H32N6O.C26H33N5O2.C25H29FN6O/c1-16-6-23-20(4-5-34-23)8-21(16)30-25-29-13-22-24(31-25)33(17(2)32(22)3)27-11-18-7-19(12-27)10-26(9-18,14-27)15-28;1-15-6-22-19(4-5-33-22)8-20(15)29-24-28-13-21-23(30-24)32(16(2)31(21)3)26-11-17-7-18(12-26)10-25(27,9-17)14-26;1-15-6-22-19(4-5-33-22)8-20(15)28-24-27-13-21-23(29-24)31(16(2)30(21)3)25-9-17-7-18(10-25)12-26(32,11-17)14-25;1-14-31(2)20-12-28-23(29-19-6-17-3-4-33-21(17)7-18(19)26)30-22(20)32(14)25-10-15-5-16(11-25)9-24(27,8-15)13-25/h6,8,13,18-20,23H,2,4-5,7,9-12,14H2,1,3H3,(H,29,30,31);6,8,13,17-18H,2,4-5,7,9-12,14,27H2,1,3H3,(H,28,29,30);6,8,13,17-19,22,32H,2,4-5,7,9-12,14H2,1,3H3,(H,27,28,29);6-7,12,15-16H,1,3-5,8-11,13,27H2,2H3,(H,28,29,30). The summed E-state index contributed by atoms with van der Waals surface area (Å²) >= 11 is 0. The number of nitrogens with zero attached hydrogens (tertiary/aromatic N) is 17. The second-order valence-electron chi connectivity index (χ2n) is 45.3. The number of nitrogens with one attached hydrogen (secondary N) is 4. The Balaban J connectivity index is 0.0000000950. The Morgan fingerprint density at radius 2 is 0.782 bits per heavy atom. The number of anilines is 14. The van der Waals surface area contributed by atoms with Gasteiger partial charge in [-0.05, 0) is 281 Å².